The zero-order valence-electron chi connectivity index (χ0n) is 63.0. The molecule has 17 N–H and O–H groups in total. The molecule has 1 saturated carbocycles. The van der Waals surface area contributed by atoms with Crippen LogP contribution in [-0.2, 0) is 0 Å². The number of likely N-dealkylation sites (tertiary alicyclic amines) is 7. The van der Waals surface area contributed by atoms with Crippen LogP contribution in [0.5, 0.6) is 0 Å². The second-order valence-electron chi connectivity index (χ2n) is 36.7. The van der Waals surface area contributed by atoms with Crippen molar-refractivity contribution < 1.29 is 19.7 Å². The summed E-state index contributed by atoms with van der Waals surface area (Å²) in [7, 11) is 0. The van der Waals surface area contributed by atoms with Crippen LogP contribution in [0, 0.1) is 35.5 Å². The third-order valence-corrected chi connectivity index (χ3v) is 20.6. The topological polar surface area (TPSA) is 266 Å². The first-order valence-electron chi connectivity index (χ1n) is 35.3. The Morgan fingerprint density at radius 2 is 0.730 bits per heavy atom. The molecule has 0 unspecified atom stereocenters. The number of halogens is 1. The molecule has 8 aliphatic rings. The molecule has 1 aliphatic carbocycles. The maximum absolute atomic E-state index is 13.0. The van der Waals surface area contributed by atoms with Gasteiger partial charge in [0.05, 0.1) is 17.8 Å². The largest absolute Gasteiger partial charge is 0.391 e. The molecule has 18 heteroatoms. The summed E-state index contributed by atoms with van der Waals surface area (Å²) in [5.74, 6) is 3.17. The average Bonchev–Trinajstić information content (AvgIpc) is 2.19. The van der Waals surface area contributed by atoms with E-state index in [4.69, 9.17) is 40.1 Å². The van der Waals surface area contributed by atoms with Gasteiger partial charge in [-0.15, -0.1) is 0 Å². The first-order chi connectivity index (χ1) is 40.1. The molecule has 16 atom stereocenters. The number of piperidine rings is 7. The number of alkyl halides is 1. The summed E-state index contributed by atoms with van der Waals surface area (Å²) in [6.07, 6.45) is 6.57. The van der Waals surface area contributed by atoms with Gasteiger partial charge >= 0.3 is 0 Å². The van der Waals surface area contributed by atoms with Crippen molar-refractivity contribution in [3.8, 4) is 0 Å². The predicted octanol–water partition coefficient (Wildman–Crippen LogP) is 7.33. The van der Waals surface area contributed by atoms with Gasteiger partial charge in [-0.3, -0.25) is 34.3 Å². The van der Waals surface area contributed by atoms with Crippen molar-refractivity contribution in [3.05, 3.63) is 0 Å². The highest BCUT2D eigenvalue weighted by atomic mass is 19.1. The van der Waals surface area contributed by atoms with Gasteiger partial charge in [0.2, 0.25) is 0 Å². The van der Waals surface area contributed by atoms with E-state index < -0.39 is 11.8 Å². The van der Waals surface area contributed by atoms with E-state index in [1.165, 1.54) is 58.2 Å². The van der Waals surface area contributed by atoms with Gasteiger partial charge in [0.1, 0.15) is 6.17 Å². The molecule has 0 aromatic heterocycles. The summed E-state index contributed by atoms with van der Waals surface area (Å²) in [5.41, 5.74) is 42.1. The Labute approximate surface area is 549 Å². The second kappa shape index (κ2) is 34.5. The lowest BCUT2D eigenvalue weighted by Crippen LogP contribution is -2.65. The van der Waals surface area contributed by atoms with Crippen LogP contribution in [0.15, 0.2) is 0 Å². The highest BCUT2D eigenvalue weighted by Crippen LogP contribution is 2.42. The maximum atomic E-state index is 13.0. The fraction of sp³-hybridized carbons (Fsp3) is 1.00. The minimum Gasteiger partial charge on any atom is -0.391 e. The van der Waals surface area contributed by atoms with Crippen molar-refractivity contribution >= 4 is 0 Å². The van der Waals surface area contributed by atoms with Gasteiger partial charge in [0.15, 0.2) is 0 Å². The molecule has 7 heterocycles. The molecular weight excluding hydrogens is 1120 g/mol. The Morgan fingerprint density at radius 3 is 1.07 bits per heavy atom. The first-order valence-corrected chi connectivity index (χ1v) is 35.3. The molecular formula is C71H153FN14O3. The smallest absolute Gasteiger partial charge is 0.118 e. The molecule has 532 valence electrons. The standard InChI is InChI=1S/C12H24N2O.C11H24N2O.C10H22N2O.2C10H22N2.C9H19FN2.C9H20N2/c1-12(2,3)14-6-9(8-4-5-8)11(15)10(13)7-14;1-8-6-13(10(2,3)4)7-9(12)11(8,5)14;1-7-5-12(10(2,3)4)6-8(11)9(7)13;2*1-8-5-9(11)7-12(6-8)10(2,3)4;1-9(2,3)12-5-4-7(10)8(11)6-12;1-9(2,3)11-6-4-5-8(10)7-11/h8-11,15H,4-7,13H2,1-3H3;8-9,14H,6-7,12H2,1-5H3;7-9,13H,5-6,11H2,1-4H3;2*8-9H,5-7,11H2,1-4H3;7-8H,4-6,11H2,1-3H3;8H,4-7,10H2,1-3H3/t9-,10-,11-;8-,9+,11+;7-,8+,9+;2*8-,9+;7-,8-;8-/m1001110/s1. The van der Waals surface area contributed by atoms with E-state index in [0.717, 1.165) is 83.2 Å². The Morgan fingerprint density at radius 1 is 0.382 bits per heavy atom. The van der Waals surface area contributed by atoms with Crippen LogP contribution in [0.1, 0.15) is 225 Å². The normalized spacial score (nSPS) is 35.9. The lowest BCUT2D eigenvalue weighted by atomic mass is 9.79. The minimum atomic E-state index is -0.802. The number of nitrogens with two attached hydrogens (primary N) is 7. The molecule has 17 nitrogen and oxygen atoms in total. The first kappa shape index (κ1) is 84.3. The zero-order valence-corrected chi connectivity index (χ0v) is 63.0. The van der Waals surface area contributed by atoms with Gasteiger partial charge in [-0.25, -0.2) is 4.39 Å². The lowest BCUT2D eigenvalue weighted by Gasteiger charge is -2.50. The van der Waals surface area contributed by atoms with Gasteiger partial charge in [0, 0.05) is 172 Å². The second-order valence-corrected chi connectivity index (χ2v) is 36.7. The van der Waals surface area contributed by atoms with Crippen molar-refractivity contribution in [1.29, 1.82) is 0 Å². The van der Waals surface area contributed by atoms with E-state index >= 15 is 0 Å². The SMILES string of the molecule is CC(C)(C)N1CCC[C@H](N)C1.CC(C)(C)N1CC[C@@H](F)[C@H](N)C1.CC(C)(C)N1C[C@@H](N)[C@H](O)[C@@H](C2CC2)C1.C[C@@H]1C[C@H](N)CN(C(C)(C)C)C1.C[C@@H]1C[C@H](N)CN(C(C)(C)C)C1.C[C@H]1CN(C(C)(C)C)C[C@@H](N)[C@@H]1O.C[C@H]1CN(C(C)(C)C)C[C@@H](N)[C@]1(C)O. The molecule has 0 radical (unpaired) electrons. The zero-order chi connectivity index (χ0) is 69.1. The van der Waals surface area contributed by atoms with Gasteiger partial charge in [-0.1, -0.05) is 27.7 Å². The van der Waals surface area contributed by atoms with Crippen molar-refractivity contribution in [3.63, 3.8) is 0 Å². The van der Waals surface area contributed by atoms with E-state index in [1.54, 1.807) is 0 Å². The van der Waals surface area contributed by atoms with Crippen LogP contribution in [0.3, 0.4) is 0 Å². The molecule has 89 heavy (non-hydrogen) atoms. The summed E-state index contributed by atoms with van der Waals surface area (Å²) in [5, 5.41) is 29.9. The van der Waals surface area contributed by atoms with Crippen molar-refractivity contribution in [1.82, 2.24) is 34.3 Å². The predicted molar refractivity (Wildman–Crippen MR) is 379 cm³/mol. The number of nitrogens with zero attached hydrogens (tertiary/aromatic N) is 7. The number of aliphatic hydroxyl groups excluding tert-OH is 2. The number of hydrogen-bond acceptors (Lipinski definition) is 17. The Bertz CT molecular complexity index is 1890. The summed E-state index contributed by atoms with van der Waals surface area (Å²) in [4.78, 5) is 16.8. The van der Waals surface area contributed by atoms with Crippen molar-refractivity contribution in [2.75, 3.05) is 91.6 Å². The Hall–Kier alpha value is -0.750. The molecule has 8 rings (SSSR count). The van der Waals surface area contributed by atoms with E-state index in [-0.39, 0.29) is 81.4 Å². The molecule has 8 fully saturated rings. The number of hydrogen-bond donors (Lipinski definition) is 10. The van der Waals surface area contributed by atoms with Crippen molar-refractivity contribution in [2.24, 2.45) is 75.6 Å². The summed E-state index contributed by atoms with van der Waals surface area (Å²) < 4.78 is 13.0. The van der Waals surface area contributed by atoms with E-state index in [0.29, 0.717) is 42.5 Å². The highest BCUT2D eigenvalue weighted by molar-refractivity contribution is 5.01. The third kappa shape index (κ3) is 29.2. The molecule has 0 bridgehead atoms. The lowest BCUT2D eigenvalue weighted by molar-refractivity contribution is -0.0851. The van der Waals surface area contributed by atoms with E-state index in [9.17, 15) is 19.7 Å². The summed E-state index contributed by atoms with van der Waals surface area (Å²) in [6, 6.07) is 0.568. The van der Waals surface area contributed by atoms with E-state index in [2.05, 4.69) is 207 Å². The maximum Gasteiger partial charge on any atom is 0.118 e. The van der Waals surface area contributed by atoms with Crippen molar-refractivity contribution in [2.45, 2.75) is 330 Å². The van der Waals surface area contributed by atoms with Crippen LogP contribution in [0.4, 0.5) is 4.39 Å². The van der Waals surface area contributed by atoms with Gasteiger partial charge in [-0.05, 0) is 233 Å². The Kier molecular flexibility index (Phi) is 32.7. The highest BCUT2D eigenvalue weighted by Gasteiger charge is 2.46. The molecule has 0 aromatic carbocycles. The van der Waals surface area contributed by atoms with Crippen LogP contribution in [0.2, 0.25) is 0 Å². The van der Waals surface area contributed by atoms with Crippen LogP contribution in [-0.4, -0.2) is 246 Å². The minimum absolute atomic E-state index is 0.0661. The number of aliphatic hydroxyl groups is 3. The van der Waals surface area contributed by atoms with Crippen LogP contribution < -0.4 is 40.1 Å². The molecule has 0 spiro atoms. The van der Waals surface area contributed by atoms with E-state index in [1.807, 2.05) is 6.92 Å². The fourth-order valence-corrected chi connectivity index (χ4v) is 13.5. The quantitative estimate of drug-likeness (QED) is 0.123. The van der Waals surface area contributed by atoms with Gasteiger partial charge < -0.3 is 55.5 Å². The summed E-state index contributed by atoms with van der Waals surface area (Å²) in [6.45, 7) is 70.7. The molecule has 0 amide bonds. The molecule has 7 saturated heterocycles. The fourth-order valence-electron chi connectivity index (χ4n) is 13.5. The third-order valence-electron chi connectivity index (χ3n) is 20.6. The van der Waals surface area contributed by atoms with Crippen LogP contribution >= 0.6 is 0 Å². The van der Waals surface area contributed by atoms with Gasteiger partial charge in [-0.2, -0.15) is 0 Å². The molecule has 0 aromatic rings. The number of rotatable bonds is 1. The molecule has 7 aliphatic heterocycles. The van der Waals surface area contributed by atoms with Crippen LogP contribution in [0.25, 0.3) is 0 Å². The average molecular weight is 1270 g/mol. The summed E-state index contributed by atoms with van der Waals surface area (Å²) >= 11 is 0. The monoisotopic (exact) mass is 1270 g/mol. The Balaban J connectivity index is 0.000000355. The van der Waals surface area contributed by atoms with Gasteiger partial charge in [0.25, 0.3) is 0 Å².